The van der Waals surface area contributed by atoms with Crippen LogP contribution in [0.3, 0.4) is 0 Å². The smallest absolute Gasteiger partial charge is 0.225 e. The van der Waals surface area contributed by atoms with Crippen LogP contribution in [0.5, 0.6) is 0 Å². The lowest BCUT2D eigenvalue weighted by molar-refractivity contribution is -0.139. The number of hydrogen-bond donors (Lipinski definition) is 1. The van der Waals surface area contributed by atoms with Crippen LogP contribution in [0, 0.1) is 5.92 Å². The second kappa shape index (κ2) is 11.1. The fourth-order valence-electron chi connectivity index (χ4n) is 3.13. The minimum absolute atomic E-state index is 0. The van der Waals surface area contributed by atoms with Crippen molar-refractivity contribution in [2.75, 3.05) is 40.3 Å². The van der Waals surface area contributed by atoms with Gasteiger partial charge in [0.1, 0.15) is 0 Å². The summed E-state index contributed by atoms with van der Waals surface area (Å²) in [5.41, 5.74) is 1.20. The lowest BCUT2D eigenvalue weighted by atomic mass is 9.95. The van der Waals surface area contributed by atoms with E-state index in [1.54, 1.807) is 4.90 Å². The van der Waals surface area contributed by atoms with Crippen molar-refractivity contribution in [3.05, 3.63) is 35.9 Å². The van der Waals surface area contributed by atoms with Crippen molar-refractivity contribution in [1.82, 2.24) is 15.1 Å². The molecule has 0 aromatic heterocycles. The van der Waals surface area contributed by atoms with Gasteiger partial charge in [0.05, 0.1) is 0 Å². The first-order valence-corrected chi connectivity index (χ1v) is 8.83. The number of amides is 2. The van der Waals surface area contributed by atoms with E-state index in [0.29, 0.717) is 19.5 Å². The molecule has 0 atom stereocenters. The molecular weight excluding hydrogens is 338 g/mol. The lowest BCUT2D eigenvalue weighted by Crippen LogP contribution is -2.44. The Balaban J connectivity index is 0.00000312. The zero-order chi connectivity index (χ0) is 17.4. The minimum Gasteiger partial charge on any atom is -0.344 e. The molecule has 1 aliphatic rings. The van der Waals surface area contributed by atoms with Crippen LogP contribution < -0.4 is 5.32 Å². The SMILES string of the molecule is CNCCN(C)C(=O)C1CCN(C(=O)CCc2ccccc2)CC1.Cl. The lowest BCUT2D eigenvalue weighted by Gasteiger charge is -2.33. The molecule has 1 aromatic carbocycles. The molecule has 1 heterocycles. The van der Waals surface area contributed by atoms with E-state index in [2.05, 4.69) is 17.4 Å². The van der Waals surface area contributed by atoms with Crippen LogP contribution in [0.2, 0.25) is 0 Å². The Bertz CT molecular complexity index is 531. The largest absolute Gasteiger partial charge is 0.344 e. The summed E-state index contributed by atoms with van der Waals surface area (Å²) in [5, 5.41) is 3.06. The molecule has 1 aromatic rings. The minimum atomic E-state index is 0. The van der Waals surface area contributed by atoms with Crippen molar-refractivity contribution in [2.45, 2.75) is 25.7 Å². The summed E-state index contributed by atoms with van der Waals surface area (Å²) in [4.78, 5) is 28.4. The first-order valence-electron chi connectivity index (χ1n) is 8.83. The fourth-order valence-corrected chi connectivity index (χ4v) is 3.13. The van der Waals surface area contributed by atoms with Crippen LogP contribution in [0.1, 0.15) is 24.8 Å². The Morgan fingerprint density at radius 1 is 1.20 bits per heavy atom. The number of halogens is 1. The van der Waals surface area contributed by atoms with Crippen LogP contribution in [-0.4, -0.2) is 61.9 Å². The molecule has 1 fully saturated rings. The van der Waals surface area contributed by atoms with E-state index in [0.717, 1.165) is 32.4 Å². The normalized spacial score (nSPS) is 14.7. The molecule has 6 heteroatoms. The van der Waals surface area contributed by atoms with Gasteiger partial charge in [-0.1, -0.05) is 30.3 Å². The molecule has 0 unspecified atom stereocenters. The molecule has 140 valence electrons. The van der Waals surface area contributed by atoms with Gasteiger partial charge >= 0.3 is 0 Å². The predicted octanol–water partition coefficient (Wildman–Crippen LogP) is 1.96. The molecule has 25 heavy (non-hydrogen) atoms. The Morgan fingerprint density at radius 3 is 2.44 bits per heavy atom. The molecular formula is C19H30ClN3O2. The van der Waals surface area contributed by atoms with E-state index in [-0.39, 0.29) is 30.1 Å². The standard InChI is InChI=1S/C19H29N3O2.ClH/c1-20-12-15-21(2)19(24)17-10-13-22(14-11-17)18(23)9-8-16-6-4-3-5-7-16;/h3-7,17,20H,8-15H2,1-2H3;1H. The highest BCUT2D eigenvalue weighted by atomic mass is 35.5. The van der Waals surface area contributed by atoms with E-state index in [4.69, 9.17) is 0 Å². The van der Waals surface area contributed by atoms with Crippen molar-refractivity contribution in [3.63, 3.8) is 0 Å². The number of rotatable bonds is 7. The molecule has 2 amide bonds. The first kappa shape index (κ1) is 21.5. The molecule has 1 N–H and O–H groups in total. The van der Waals surface area contributed by atoms with E-state index >= 15 is 0 Å². The van der Waals surface area contributed by atoms with Gasteiger partial charge in [-0.05, 0) is 31.9 Å². The molecule has 1 aliphatic heterocycles. The van der Waals surface area contributed by atoms with Crippen molar-refractivity contribution in [3.8, 4) is 0 Å². The average molecular weight is 368 g/mol. The highest BCUT2D eigenvalue weighted by molar-refractivity contribution is 5.85. The van der Waals surface area contributed by atoms with Crippen molar-refractivity contribution >= 4 is 24.2 Å². The summed E-state index contributed by atoms with van der Waals surface area (Å²) < 4.78 is 0. The number of carbonyl (C=O) groups is 2. The van der Waals surface area contributed by atoms with E-state index < -0.39 is 0 Å². The zero-order valence-corrected chi connectivity index (χ0v) is 16.1. The topological polar surface area (TPSA) is 52.7 Å². The molecule has 0 saturated carbocycles. The second-order valence-electron chi connectivity index (χ2n) is 6.50. The quantitative estimate of drug-likeness (QED) is 0.801. The molecule has 0 radical (unpaired) electrons. The Kier molecular flexibility index (Phi) is 9.53. The van der Waals surface area contributed by atoms with Crippen LogP contribution in [0.15, 0.2) is 30.3 Å². The van der Waals surface area contributed by atoms with Gasteiger partial charge in [-0.3, -0.25) is 9.59 Å². The molecule has 2 rings (SSSR count). The van der Waals surface area contributed by atoms with Gasteiger partial charge in [-0.2, -0.15) is 0 Å². The highest BCUT2D eigenvalue weighted by Gasteiger charge is 2.28. The van der Waals surface area contributed by atoms with Gasteiger partial charge in [0.25, 0.3) is 0 Å². The molecule has 5 nitrogen and oxygen atoms in total. The van der Waals surface area contributed by atoms with Gasteiger partial charge in [-0.25, -0.2) is 0 Å². The summed E-state index contributed by atoms with van der Waals surface area (Å²) in [6, 6.07) is 10.1. The van der Waals surface area contributed by atoms with E-state index in [1.165, 1.54) is 5.56 Å². The summed E-state index contributed by atoms with van der Waals surface area (Å²) >= 11 is 0. The number of nitrogens with zero attached hydrogens (tertiary/aromatic N) is 2. The summed E-state index contributed by atoms with van der Waals surface area (Å²) in [6.07, 6.45) is 2.88. The number of carbonyl (C=O) groups excluding carboxylic acids is 2. The maximum atomic E-state index is 12.4. The van der Waals surface area contributed by atoms with Crippen LogP contribution >= 0.6 is 12.4 Å². The summed E-state index contributed by atoms with van der Waals surface area (Å²) in [6.45, 7) is 2.93. The Hall–Kier alpha value is -1.59. The van der Waals surface area contributed by atoms with Crippen molar-refractivity contribution in [2.24, 2.45) is 5.92 Å². The van der Waals surface area contributed by atoms with Crippen LogP contribution in [-0.2, 0) is 16.0 Å². The third-order valence-electron chi connectivity index (χ3n) is 4.74. The van der Waals surface area contributed by atoms with Crippen molar-refractivity contribution in [1.29, 1.82) is 0 Å². The molecule has 0 bridgehead atoms. The number of benzene rings is 1. The zero-order valence-electron chi connectivity index (χ0n) is 15.2. The van der Waals surface area contributed by atoms with E-state index in [1.807, 2.05) is 37.2 Å². The van der Waals surface area contributed by atoms with Crippen molar-refractivity contribution < 1.29 is 9.59 Å². The monoisotopic (exact) mass is 367 g/mol. The number of aryl methyl sites for hydroxylation is 1. The number of piperidine rings is 1. The predicted molar refractivity (Wildman–Crippen MR) is 103 cm³/mol. The number of nitrogens with one attached hydrogen (secondary N) is 1. The van der Waals surface area contributed by atoms with Gasteiger partial charge in [-0.15, -0.1) is 12.4 Å². The third-order valence-corrected chi connectivity index (χ3v) is 4.74. The Labute approximate surface area is 157 Å². The van der Waals surface area contributed by atoms with Gasteiger partial charge in [0.2, 0.25) is 11.8 Å². The summed E-state index contributed by atoms with van der Waals surface area (Å²) in [5.74, 6) is 0.472. The van der Waals surface area contributed by atoms with Crippen LogP contribution in [0.25, 0.3) is 0 Å². The number of likely N-dealkylation sites (N-methyl/N-ethyl adjacent to an activating group) is 2. The molecule has 0 spiro atoms. The number of likely N-dealkylation sites (tertiary alicyclic amines) is 1. The van der Waals surface area contributed by atoms with Crippen LogP contribution in [0.4, 0.5) is 0 Å². The van der Waals surface area contributed by atoms with Gasteiger partial charge in [0.15, 0.2) is 0 Å². The van der Waals surface area contributed by atoms with Gasteiger partial charge < -0.3 is 15.1 Å². The first-order chi connectivity index (χ1) is 11.6. The van der Waals surface area contributed by atoms with E-state index in [9.17, 15) is 9.59 Å². The highest BCUT2D eigenvalue weighted by Crippen LogP contribution is 2.20. The number of hydrogen-bond acceptors (Lipinski definition) is 3. The summed E-state index contributed by atoms with van der Waals surface area (Å²) in [7, 11) is 3.74. The third kappa shape index (κ3) is 6.67. The average Bonchev–Trinajstić information content (AvgIpc) is 2.64. The second-order valence-corrected chi connectivity index (χ2v) is 6.50. The molecule has 1 saturated heterocycles. The van der Waals surface area contributed by atoms with Gasteiger partial charge in [0, 0.05) is 45.6 Å². The fraction of sp³-hybridized carbons (Fsp3) is 0.579. The maximum Gasteiger partial charge on any atom is 0.225 e. The Morgan fingerprint density at radius 2 is 1.84 bits per heavy atom. The maximum absolute atomic E-state index is 12.4. The molecule has 0 aliphatic carbocycles.